The van der Waals surface area contributed by atoms with Gasteiger partial charge in [-0.3, -0.25) is 4.79 Å². The van der Waals surface area contributed by atoms with E-state index in [1.807, 2.05) is 49.4 Å². The number of rotatable bonds is 2. The van der Waals surface area contributed by atoms with E-state index in [0.29, 0.717) is 6.42 Å². The number of methoxy groups -OCH3 is 1. The number of piperidine rings is 1. The van der Waals surface area contributed by atoms with Crippen molar-refractivity contribution in [3.63, 3.8) is 0 Å². The van der Waals surface area contributed by atoms with Gasteiger partial charge in [0.1, 0.15) is 16.5 Å². The number of aromatic nitrogens is 1. The molecule has 0 saturated carbocycles. The van der Waals surface area contributed by atoms with E-state index in [0.717, 1.165) is 32.3 Å². The second-order valence-corrected chi connectivity index (χ2v) is 8.10. The summed E-state index contributed by atoms with van der Waals surface area (Å²) < 4.78 is 12.6. The van der Waals surface area contributed by atoms with E-state index in [9.17, 15) is 4.79 Å². The third kappa shape index (κ3) is 2.29. The largest absolute Gasteiger partial charge is 0.497 e. The molecule has 1 aromatic heterocycles. The lowest BCUT2D eigenvalue weighted by Crippen LogP contribution is -2.59. The van der Waals surface area contributed by atoms with Gasteiger partial charge in [0.05, 0.1) is 23.2 Å². The van der Waals surface area contributed by atoms with Crippen LogP contribution in [0.4, 0.5) is 0 Å². The van der Waals surface area contributed by atoms with E-state index in [2.05, 4.69) is 5.32 Å². The molecule has 5 nitrogen and oxygen atoms in total. The Balaban J connectivity index is 1.66. The smallest absolute Gasteiger partial charge is 0.233 e. The molecule has 6 heteroatoms. The van der Waals surface area contributed by atoms with Gasteiger partial charge in [0.2, 0.25) is 5.91 Å². The SMILES string of the molecule is COc1ccc2c(c1)C1CC(C)(NC(=O)C1c1nc3ccccc3s1)O2. The van der Waals surface area contributed by atoms with E-state index in [-0.39, 0.29) is 17.7 Å². The summed E-state index contributed by atoms with van der Waals surface area (Å²) in [4.78, 5) is 17.8. The molecule has 0 spiro atoms. The minimum atomic E-state index is -0.684. The lowest BCUT2D eigenvalue weighted by molar-refractivity contribution is -0.135. The molecule has 3 aromatic rings. The topological polar surface area (TPSA) is 60.5 Å². The molecule has 5 rings (SSSR count). The molecule has 2 aliphatic rings. The van der Waals surface area contributed by atoms with Crippen LogP contribution in [0.15, 0.2) is 42.5 Å². The van der Waals surface area contributed by atoms with Crippen LogP contribution in [0.3, 0.4) is 0 Å². The van der Waals surface area contributed by atoms with Gasteiger partial charge in [0.25, 0.3) is 0 Å². The lowest BCUT2D eigenvalue weighted by Gasteiger charge is -2.46. The number of nitrogens with zero attached hydrogens (tertiary/aromatic N) is 1. The Bertz CT molecular complexity index is 998. The normalized spacial score (nSPS) is 26.8. The van der Waals surface area contributed by atoms with Gasteiger partial charge in [0, 0.05) is 17.9 Å². The molecule has 1 amide bonds. The summed E-state index contributed by atoms with van der Waals surface area (Å²) in [6.45, 7) is 1.93. The first-order chi connectivity index (χ1) is 12.6. The second kappa shape index (κ2) is 5.45. The van der Waals surface area contributed by atoms with Gasteiger partial charge in [-0.1, -0.05) is 12.1 Å². The minimum absolute atomic E-state index is 0.00756. The molecule has 3 heterocycles. The number of amides is 1. The van der Waals surface area contributed by atoms with Gasteiger partial charge in [0.15, 0.2) is 5.72 Å². The molecular formula is C20H18N2O3S. The first-order valence-corrected chi connectivity index (χ1v) is 9.42. The van der Waals surface area contributed by atoms with Crippen LogP contribution >= 0.6 is 11.3 Å². The Morgan fingerprint density at radius 1 is 1.31 bits per heavy atom. The van der Waals surface area contributed by atoms with Gasteiger partial charge in [-0.05, 0) is 37.3 Å². The lowest BCUT2D eigenvalue weighted by atomic mass is 9.75. The highest BCUT2D eigenvalue weighted by Crippen LogP contribution is 2.51. The van der Waals surface area contributed by atoms with E-state index in [1.54, 1.807) is 18.4 Å². The van der Waals surface area contributed by atoms with Crippen LogP contribution in [-0.2, 0) is 4.79 Å². The predicted molar refractivity (Wildman–Crippen MR) is 99.9 cm³/mol. The van der Waals surface area contributed by atoms with Crippen LogP contribution < -0.4 is 14.8 Å². The number of thiazole rings is 1. The maximum absolute atomic E-state index is 13.0. The number of fused-ring (bicyclic) bond motifs is 5. The van der Waals surface area contributed by atoms with Crippen molar-refractivity contribution in [3.05, 3.63) is 53.0 Å². The van der Waals surface area contributed by atoms with Crippen LogP contribution in [0.25, 0.3) is 10.2 Å². The van der Waals surface area contributed by atoms with Crippen LogP contribution in [0.2, 0.25) is 0 Å². The Labute approximate surface area is 155 Å². The molecule has 3 unspecified atom stereocenters. The summed E-state index contributed by atoms with van der Waals surface area (Å²) in [5.41, 5.74) is 1.27. The third-order valence-electron chi connectivity index (χ3n) is 5.21. The van der Waals surface area contributed by atoms with Gasteiger partial charge in [-0.15, -0.1) is 11.3 Å². The third-order valence-corrected chi connectivity index (χ3v) is 6.33. The van der Waals surface area contributed by atoms with Crippen LogP contribution in [0, 0.1) is 0 Å². The molecule has 0 aliphatic carbocycles. The van der Waals surface area contributed by atoms with Crippen molar-refractivity contribution in [1.82, 2.24) is 10.3 Å². The quantitative estimate of drug-likeness (QED) is 0.749. The molecular weight excluding hydrogens is 348 g/mol. The molecule has 3 atom stereocenters. The average Bonchev–Trinajstić information content (AvgIpc) is 3.04. The number of carbonyl (C=O) groups excluding carboxylic acids is 1. The maximum atomic E-state index is 13.0. The van der Waals surface area contributed by atoms with Crippen molar-refractivity contribution >= 4 is 27.5 Å². The van der Waals surface area contributed by atoms with Crippen LogP contribution in [-0.4, -0.2) is 23.7 Å². The Morgan fingerprint density at radius 2 is 2.15 bits per heavy atom. The summed E-state index contributed by atoms with van der Waals surface area (Å²) in [7, 11) is 1.65. The zero-order valence-electron chi connectivity index (χ0n) is 14.5. The molecule has 2 bridgehead atoms. The zero-order valence-corrected chi connectivity index (χ0v) is 15.3. The monoisotopic (exact) mass is 366 g/mol. The number of carbonyl (C=O) groups is 1. The van der Waals surface area contributed by atoms with Crippen molar-refractivity contribution < 1.29 is 14.3 Å². The van der Waals surface area contributed by atoms with E-state index < -0.39 is 5.72 Å². The fourth-order valence-corrected chi connectivity index (χ4v) is 5.18. The number of nitrogens with one attached hydrogen (secondary N) is 1. The van der Waals surface area contributed by atoms with Crippen LogP contribution in [0.1, 0.15) is 35.8 Å². The molecule has 2 aromatic carbocycles. The van der Waals surface area contributed by atoms with Gasteiger partial charge in [-0.2, -0.15) is 0 Å². The highest BCUT2D eigenvalue weighted by molar-refractivity contribution is 7.18. The minimum Gasteiger partial charge on any atom is -0.497 e. The zero-order chi connectivity index (χ0) is 17.9. The number of ether oxygens (including phenoxy) is 2. The predicted octanol–water partition coefficient (Wildman–Crippen LogP) is 3.80. The second-order valence-electron chi connectivity index (χ2n) is 7.03. The number of hydrogen-bond donors (Lipinski definition) is 1. The van der Waals surface area contributed by atoms with E-state index in [4.69, 9.17) is 14.5 Å². The van der Waals surface area contributed by atoms with Crippen molar-refractivity contribution in [2.75, 3.05) is 7.11 Å². The number of hydrogen-bond acceptors (Lipinski definition) is 5. The van der Waals surface area contributed by atoms with Crippen molar-refractivity contribution in [3.8, 4) is 11.5 Å². The summed E-state index contributed by atoms with van der Waals surface area (Å²) in [6, 6.07) is 13.8. The fourth-order valence-electron chi connectivity index (χ4n) is 4.05. The van der Waals surface area contributed by atoms with Crippen molar-refractivity contribution in [2.45, 2.75) is 30.9 Å². The van der Waals surface area contributed by atoms with Gasteiger partial charge < -0.3 is 14.8 Å². The first kappa shape index (κ1) is 15.6. The van der Waals surface area contributed by atoms with Crippen molar-refractivity contribution in [2.24, 2.45) is 0 Å². The summed E-state index contributed by atoms with van der Waals surface area (Å²) >= 11 is 1.59. The highest BCUT2D eigenvalue weighted by atomic mass is 32.1. The Morgan fingerprint density at radius 3 is 2.96 bits per heavy atom. The summed E-state index contributed by atoms with van der Waals surface area (Å²) in [5.74, 6) is 1.22. The molecule has 1 N–H and O–H groups in total. The Hall–Kier alpha value is -2.60. The Kier molecular flexibility index (Phi) is 3.28. The standard InChI is InChI=1S/C20H18N2O3S/c1-20-10-13(12-9-11(24-2)7-8-15(12)25-20)17(18(23)22-20)19-21-14-5-3-4-6-16(14)26-19/h3-9,13,17H,10H2,1-2H3,(H,22,23). The molecule has 2 aliphatic heterocycles. The number of para-hydroxylation sites is 1. The molecule has 1 saturated heterocycles. The molecule has 0 radical (unpaired) electrons. The van der Waals surface area contributed by atoms with Gasteiger partial charge >= 0.3 is 0 Å². The van der Waals surface area contributed by atoms with E-state index >= 15 is 0 Å². The molecule has 26 heavy (non-hydrogen) atoms. The summed E-state index contributed by atoms with van der Waals surface area (Å²) in [6.07, 6.45) is 0.708. The summed E-state index contributed by atoms with van der Waals surface area (Å²) in [5, 5.41) is 3.91. The number of benzene rings is 2. The average molecular weight is 366 g/mol. The van der Waals surface area contributed by atoms with Gasteiger partial charge in [-0.25, -0.2) is 4.98 Å². The molecule has 132 valence electrons. The first-order valence-electron chi connectivity index (χ1n) is 8.61. The molecule has 1 fully saturated rings. The van der Waals surface area contributed by atoms with E-state index in [1.165, 1.54) is 0 Å². The highest BCUT2D eigenvalue weighted by Gasteiger charge is 2.50. The fraction of sp³-hybridized carbons (Fsp3) is 0.300. The van der Waals surface area contributed by atoms with Crippen molar-refractivity contribution in [1.29, 1.82) is 0 Å². The maximum Gasteiger partial charge on any atom is 0.233 e. The van der Waals surface area contributed by atoms with Crippen LogP contribution in [0.5, 0.6) is 11.5 Å².